The Kier molecular flexibility index (Phi) is 8.19. The summed E-state index contributed by atoms with van der Waals surface area (Å²) in [7, 11) is 0. The lowest BCUT2D eigenvalue weighted by Gasteiger charge is -2.27. The minimum Gasteiger partial charge on any atom is -0.455 e. The lowest BCUT2D eigenvalue weighted by molar-refractivity contribution is 0.672. The van der Waals surface area contributed by atoms with Crippen molar-refractivity contribution in [1.29, 1.82) is 0 Å². The molecule has 272 valence electrons. The SMILES string of the molecule is c1ccc(-c2cccc(-c3ccc(N(c4cccc(-c5cccc6cccc(-c7ccccc7)c56)c4)c4cccc5oc6c7ccccc7ccc6c45)cc3)c2)cc1. The number of furan rings is 1. The number of nitrogens with zero attached hydrogens (tertiary/aromatic N) is 1. The van der Waals surface area contributed by atoms with Crippen molar-refractivity contribution < 1.29 is 4.42 Å². The summed E-state index contributed by atoms with van der Waals surface area (Å²) >= 11 is 0. The Hall–Kier alpha value is -7.68. The Bertz CT molecular complexity index is 3270. The standard InChI is InChI=1S/C56H37NO/c1-3-14-38(15-4-1)43-21-9-22-44(36-43)39-30-33-46(34-31-39)57(52-28-13-29-53-55(52)51-35-32-41-18-7-8-25-50(41)56(51)58-53)47-24-10-23-45(37-47)49-27-12-20-42-19-11-26-48(54(42)49)40-16-5-2-6-17-40/h1-37H. The van der Waals surface area contributed by atoms with Crippen LogP contribution >= 0.6 is 0 Å². The fourth-order valence-electron chi connectivity index (χ4n) is 8.71. The van der Waals surface area contributed by atoms with Crippen LogP contribution < -0.4 is 4.90 Å². The molecule has 1 aromatic heterocycles. The molecule has 10 aromatic carbocycles. The average molecular weight is 740 g/mol. The Morgan fingerprint density at radius 3 is 1.67 bits per heavy atom. The van der Waals surface area contributed by atoms with Crippen LogP contribution in [0.1, 0.15) is 0 Å². The predicted octanol–water partition coefficient (Wildman–Crippen LogP) is 16.0. The van der Waals surface area contributed by atoms with Gasteiger partial charge in [-0.3, -0.25) is 0 Å². The van der Waals surface area contributed by atoms with Crippen LogP contribution in [0.2, 0.25) is 0 Å². The van der Waals surface area contributed by atoms with Crippen LogP contribution in [0.15, 0.2) is 229 Å². The van der Waals surface area contributed by atoms with Crippen molar-refractivity contribution in [3.8, 4) is 44.5 Å². The molecule has 0 unspecified atom stereocenters. The number of hydrogen-bond donors (Lipinski definition) is 0. The van der Waals surface area contributed by atoms with Crippen molar-refractivity contribution in [3.63, 3.8) is 0 Å². The molecule has 11 aromatic rings. The van der Waals surface area contributed by atoms with Crippen LogP contribution in [-0.4, -0.2) is 0 Å². The Morgan fingerprint density at radius 1 is 0.310 bits per heavy atom. The molecule has 58 heavy (non-hydrogen) atoms. The lowest BCUT2D eigenvalue weighted by atomic mass is 9.91. The summed E-state index contributed by atoms with van der Waals surface area (Å²) in [6, 6.07) is 80.6. The number of hydrogen-bond acceptors (Lipinski definition) is 2. The van der Waals surface area contributed by atoms with E-state index in [1.807, 2.05) is 0 Å². The molecule has 0 bridgehead atoms. The van der Waals surface area contributed by atoms with Crippen molar-refractivity contribution in [2.24, 2.45) is 0 Å². The topological polar surface area (TPSA) is 16.4 Å². The van der Waals surface area contributed by atoms with E-state index in [0.29, 0.717) is 0 Å². The second-order valence-electron chi connectivity index (χ2n) is 14.9. The molecule has 1 heterocycles. The molecular weight excluding hydrogens is 703 g/mol. The van der Waals surface area contributed by atoms with E-state index in [4.69, 9.17) is 4.42 Å². The smallest absolute Gasteiger partial charge is 0.143 e. The maximum Gasteiger partial charge on any atom is 0.143 e. The highest BCUT2D eigenvalue weighted by Gasteiger charge is 2.21. The minimum absolute atomic E-state index is 0.862. The molecule has 0 aliphatic rings. The fraction of sp³-hybridized carbons (Fsp3) is 0. The molecule has 0 saturated carbocycles. The number of anilines is 3. The van der Waals surface area contributed by atoms with Crippen LogP contribution in [0.25, 0.3) is 88.0 Å². The first kappa shape index (κ1) is 33.6. The molecule has 0 amide bonds. The molecule has 11 rings (SSSR count). The summed E-state index contributed by atoms with van der Waals surface area (Å²) in [6.07, 6.45) is 0. The van der Waals surface area contributed by atoms with Crippen molar-refractivity contribution in [2.45, 2.75) is 0 Å². The zero-order valence-electron chi connectivity index (χ0n) is 31.7. The zero-order chi connectivity index (χ0) is 38.4. The first-order valence-electron chi connectivity index (χ1n) is 19.8. The summed E-state index contributed by atoms with van der Waals surface area (Å²) in [5, 5.41) is 6.93. The first-order chi connectivity index (χ1) is 28.8. The molecule has 0 radical (unpaired) electrons. The highest BCUT2D eigenvalue weighted by Crippen LogP contribution is 2.46. The van der Waals surface area contributed by atoms with Gasteiger partial charge in [-0.15, -0.1) is 0 Å². The minimum atomic E-state index is 0.862. The highest BCUT2D eigenvalue weighted by molar-refractivity contribution is 6.19. The second kappa shape index (κ2) is 14.1. The summed E-state index contributed by atoms with van der Waals surface area (Å²) in [6.45, 7) is 0. The van der Waals surface area contributed by atoms with Gasteiger partial charge in [0, 0.05) is 22.1 Å². The van der Waals surface area contributed by atoms with Gasteiger partial charge in [-0.2, -0.15) is 0 Å². The van der Waals surface area contributed by atoms with Crippen LogP contribution in [-0.2, 0) is 0 Å². The summed E-state index contributed by atoms with van der Waals surface area (Å²) < 4.78 is 6.72. The quantitative estimate of drug-likeness (QED) is 0.162. The van der Waals surface area contributed by atoms with Crippen molar-refractivity contribution in [1.82, 2.24) is 0 Å². The first-order valence-corrected chi connectivity index (χ1v) is 19.8. The Morgan fingerprint density at radius 2 is 0.897 bits per heavy atom. The summed E-state index contributed by atoms with van der Waals surface area (Å²) in [5.74, 6) is 0. The van der Waals surface area contributed by atoms with Gasteiger partial charge < -0.3 is 9.32 Å². The molecular formula is C56H37NO. The van der Waals surface area contributed by atoms with E-state index >= 15 is 0 Å². The lowest BCUT2D eigenvalue weighted by Crippen LogP contribution is -2.10. The third kappa shape index (κ3) is 5.82. The maximum absolute atomic E-state index is 6.72. The van der Waals surface area contributed by atoms with Gasteiger partial charge in [0.2, 0.25) is 0 Å². The van der Waals surface area contributed by atoms with Gasteiger partial charge in [0.05, 0.1) is 11.1 Å². The van der Waals surface area contributed by atoms with E-state index in [0.717, 1.165) is 60.9 Å². The van der Waals surface area contributed by atoms with Gasteiger partial charge in [0.25, 0.3) is 0 Å². The fourth-order valence-corrected chi connectivity index (χ4v) is 8.71. The average Bonchev–Trinajstić information content (AvgIpc) is 3.70. The van der Waals surface area contributed by atoms with Crippen LogP contribution in [0.5, 0.6) is 0 Å². The van der Waals surface area contributed by atoms with Gasteiger partial charge in [0.1, 0.15) is 11.2 Å². The van der Waals surface area contributed by atoms with E-state index in [-0.39, 0.29) is 0 Å². The van der Waals surface area contributed by atoms with Crippen LogP contribution in [0.4, 0.5) is 17.1 Å². The van der Waals surface area contributed by atoms with Gasteiger partial charge in [-0.25, -0.2) is 0 Å². The largest absolute Gasteiger partial charge is 0.455 e. The normalized spacial score (nSPS) is 11.4. The number of rotatable bonds is 7. The van der Waals surface area contributed by atoms with E-state index in [1.54, 1.807) is 0 Å². The van der Waals surface area contributed by atoms with Gasteiger partial charge in [-0.1, -0.05) is 176 Å². The Balaban J connectivity index is 1.10. The monoisotopic (exact) mass is 739 g/mol. The molecule has 0 atom stereocenters. The summed E-state index contributed by atoms with van der Waals surface area (Å²) in [5.41, 5.74) is 14.5. The number of fused-ring (bicyclic) bond motifs is 6. The molecule has 2 nitrogen and oxygen atoms in total. The second-order valence-corrected chi connectivity index (χ2v) is 14.9. The maximum atomic E-state index is 6.72. The molecule has 0 aliphatic heterocycles. The van der Waals surface area contributed by atoms with E-state index < -0.39 is 0 Å². The third-order valence-corrected chi connectivity index (χ3v) is 11.4. The van der Waals surface area contributed by atoms with Gasteiger partial charge in [0.15, 0.2) is 0 Å². The molecule has 0 aliphatic carbocycles. The molecule has 0 N–H and O–H groups in total. The number of benzene rings is 10. The van der Waals surface area contributed by atoms with E-state index in [2.05, 4.69) is 229 Å². The summed E-state index contributed by atoms with van der Waals surface area (Å²) in [4.78, 5) is 2.39. The Labute approximate surface area is 337 Å². The van der Waals surface area contributed by atoms with E-state index in [9.17, 15) is 0 Å². The van der Waals surface area contributed by atoms with Crippen LogP contribution in [0.3, 0.4) is 0 Å². The molecule has 2 heteroatoms. The van der Waals surface area contributed by atoms with Crippen molar-refractivity contribution in [2.75, 3.05) is 4.90 Å². The van der Waals surface area contributed by atoms with Crippen molar-refractivity contribution >= 4 is 60.5 Å². The predicted molar refractivity (Wildman–Crippen MR) is 245 cm³/mol. The van der Waals surface area contributed by atoms with Gasteiger partial charge >= 0.3 is 0 Å². The zero-order valence-corrected chi connectivity index (χ0v) is 31.7. The third-order valence-electron chi connectivity index (χ3n) is 11.4. The van der Waals surface area contributed by atoms with Gasteiger partial charge in [-0.05, 0) is 109 Å². The highest BCUT2D eigenvalue weighted by atomic mass is 16.3. The van der Waals surface area contributed by atoms with Crippen molar-refractivity contribution in [3.05, 3.63) is 224 Å². The molecule has 0 fully saturated rings. The molecule has 0 spiro atoms. The van der Waals surface area contributed by atoms with Crippen LogP contribution in [0, 0.1) is 0 Å². The molecule has 0 saturated heterocycles. The van der Waals surface area contributed by atoms with E-state index in [1.165, 1.54) is 44.2 Å².